The average Bonchev–Trinajstić information content (AvgIpc) is 2.50. The van der Waals surface area contributed by atoms with Crippen LogP contribution < -0.4 is 4.90 Å². The number of hydrogen-bond donors (Lipinski definition) is 0. The lowest BCUT2D eigenvalue weighted by molar-refractivity contribution is -0.261. The number of anilines is 1. The van der Waals surface area contributed by atoms with Crippen molar-refractivity contribution in [1.29, 1.82) is 0 Å². The molecule has 3 heterocycles. The SMILES string of the molecule is CC1(C)OCC(N(c2nc(Cl)nc(Cl)n2)C2COC(C)(C)OC2)CO1. The standard InChI is InChI=1S/C15H22Cl2N4O4/c1-14(2)22-5-9(6-23-14)21(10-7-24-15(3,4)25-8-10)13-19-11(16)18-12(17)20-13/h9-10H,5-8H2,1-4H3. The van der Waals surface area contributed by atoms with Gasteiger partial charge in [-0.2, -0.15) is 15.0 Å². The van der Waals surface area contributed by atoms with Crippen LogP contribution in [0, 0.1) is 0 Å². The van der Waals surface area contributed by atoms with Crippen LogP contribution in [-0.2, 0) is 18.9 Å². The summed E-state index contributed by atoms with van der Waals surface area (Å²) in [6.45, 7) is 9.25. The molecule has 1 aromatic heterocycles. The molecule has 8 nitrogen and oxygen atoms in total. The Morgan fingerprint density at radius 2 is 1.12 bits per heavy atom. The van der Waals surface area contributed by atoms with Gasteiger partial charge in [0, 0.05) is 0 Å². The Balaban J connectivity index is 1.86. The van der Waals surface area contributed by atoms with E-state index in [-0.39, 0.29) is 22.7 Å². The molecule has 0 bridgehead atoms. The van der Waals surface area contributed by atoms with Gasteiger partial charge in [-0.1, -0.05) is 0 Å². The van der Waals surface area contributed by atoms with E-state index in [2.05, 4.69) is 15.0 Å². The summed E-state index contributed by atoms with van der Waals surface area (Å²) in [6, 6.07) is -0.276. The van der Waals surface area contributed by atoms with Crippen LogP contribution in [0.1, 0.15) is 27.7 Å². The van der Waals surface area contributed by atoms with Gasteiger partial charge in [0.15, 0.2) is 11.6 Å². The maximum absolute atomic E-state index is 5.96. The molecule has 0 N–H and O–H groups in total. The maximum atomic E-state index is 5.96. The fourth-order valence-corrected chi connectivity index (χ4v) is 3.10. The van der Waals surface area contributed by atoms with Gasteiger partial charge in [0.05, 0.1) is 38.5 Å². The predicted molar refractivity (Wildman–Crippen MR) is 91.9 cm³/mol. The van der Waals surface area contributed by atoms with Gasteiger partial charge >= 0.3 is 0 Å². The van der Waals surface area contributed by atoms with Gasteiger partial charge < -0.3 is 23.8 Å². The van der Waals surface area contributed by atoms with Gasteiger partial charge in [0.2, 0.25) is 16.5 Å². The van der Waals surface area contributed by atoms with E-state index in [1.165, 1.54) is 0 Å². The molecule has 140 valence electrons. The fraction of sp³-hybridized carbons (Fsp3) is 0.800. The molecule has 3 rings (SSSR count). The Labute approximate surface area is 156 Å². The highest BCUT2D eigenvalue weighted by Gasteiger charge is 2.39. The zero-order valence-corrected chi connectivity index (χ0v) is 16.2. The Morgan fingerprint density at radius 3 is 1.48 bits per heavy atom. The zero-order valence-electron chi connectivity index (χ0n) is 14.7. The third-order valence-corrected chi connectivity index (χ3v) is 4.42. The lowest BCUT2D eigenvalue weighted by atomic mass is 10.1. The molecule has 2 aliphatic heterocycles. The summed E-state index contributed by atoms with van der Waals surface area (Å²) in [6.07, 6.45) is 0. The van der Waals surface area contributed by atoms with Gasteiger partial charge in [-0.3, -0.25) is 0 Å². The second-order valence-electron chi connectivity index (χ2n) is 6.93. The zero-order chi connectivity index (χ0) is 18.2. The van der Waals surface area contributed by atoms with Gasteiger partial charge in [-0.15, -0.1) is 0 Å². The molecular formula is C15H22Cl2N4O4. The number of hydrogen-bond acceptors (Lipinski definition) is 8. The minimum atomic E-state index is -0.627. The van der Waals surface area contributed by atoms with Crippen molar-refractivity contribution >= 4 is 29.2 Å². The van der Waals surface area contributed by atoms with E-state index in [9.17, 15) is 0 Å². The lowest BCUT2D eigenvalue weighted by Crippen LogP contribution is -2.59. The molecule has 0 aromatic carbocycles. The van der Waals surface area contributed by atoms with Crippen LogP contribution >= 0.6 is 23.2 Å². The number of ether oxygens (including phenoxy) is 4. The second-order valence-corrected chi connectivity index (χ2v) is 7.61. The number of halogens is 2. The Hall–Kier alpha value is -0.770. The first kappa shape index (κ1) is 19.0. The van der Waals surface area contributed by atoms with Crippen LogP contribution in [0.15, 0.2) is 0 Å². The van der Waals surface area contributed by atoms with Gasteiger partial charge in [0.1, 0.15) is 0 Å². The van der Waals surface area contributed by atoms with E-state index >= 15 is 0 Å². The molecule has 2 aliphatic rings. The van der Waals surface area contributed by atoms with E-state index in [1.807, 2.05) is 32.6 Å². The topological polar surface area (TPSA) is 78.8 Å². The minimum Gasteiger partial charge on any atom is -0.348 e. The molecule has 1 aromatic rings. The third-order valence-electron chi connectivity index (χ3n) is 4.08. The van der Waals surface area contributed by atoms with Crippen molar-refractivity contribution in [3.63, 3.8) is 0 Å². The highest BCUT2D eigenvalue weighted by Crippen LogP contribution is 2.28. The van der Waals surface area contributed by atoms with Crippen molar-refractivity contribution in [2.75, 3.05) is 31.3 Å². The van der Waals surface area contributed by atoms with Gasteiger partial charge in [0.25, 0.3) is 0 Å². The molecule has 0 spiro atoms. The second kappa shape index (κ2) is 7.09. The van der Waals surface area contributed by atoms with Crippen LogP contribution in [0.5, 0.6) is 0 Å². The lowest BCUT2D eigenvalue weighted by Gasteiger charge is -2.46. The Kier molecular flexibility index (Phi) is 5.39. The highest BCUT2D eigenvalue weighted by atomic mass is 35.5. The number of aromatic nitrogens is 3. The first-order chi connectivity index (χ1) is 11.7. The quantitative estimate of drug-likeness (QED) is 0.774. The largest absolute Gasteiger partial charge is 0.348 e. The molecule has 0 radical (unpaired) electrons. The van der Waals surface area contributed by atoms with Crippen molar-refractivity contribution in [3.8, 4) is 0 Å². The smallest absolute Gasteiger partial charge is 0.231 e. The van der Waals surface area contributed by atoms with Crippen LogP contribution in [0.3, 0.4) is 0 Å². The number of rotatable bonds is 3. The minimum absolute atomic E-state index is 0.0240. The Morgan fingerprint density at radius 1 is 0.760 bits per heavy atom. The first-order valence-corrected chi connectivity index (χ1v) is 8.82. The molecule has 0 atom stereocenters. The van der Waals surface area contributed by atoms with Crippen molar-refractivity contribution < 1.29 is 18.9 Å². The van der Waals surface area contributed by atoms with Crippen molar-refractivity contribution in [3.05, 3.63) is 10.6 Å². The van der Waals surface area contributed by atoms with Gasteiger partial charge in [-0.05, 0) is 50.9 Å². The molecule has 25 heavy (non-hydrogen) atoms. The molecule has 0 unspecified atom stereocenters. The monoisotopic (exact) mass is 392 g/mol. The van der Waals surface area contributed by atoms with Crippen molar-refractivity contribution in [2.45, 2.75) is 51.4 Å². The first-order valence-electron chi connectivity index (χ1n) is 8.06. The van der Waals surface area contributed by atoms with E-state index in [4.69, 9.17) is 42.1 Å². The molecule has 10 heteroatoms. The molecule has 2 fully saturated rings. The average molecular weight is 393 g/mol. The molecular weight excluding hydrogens is 371 g/mol. The maximum Gasteiger partial charge on any atom is 0.231 e. The molecule has 0 amide bonds. The number of nitrogens with zero attached hydrogens (tertiary/aromatic N) is 4. The summed E-state index contributed by atoms with van der Waals surface area (Å²) >= 11 is 11.9. The summed E-state index contributed by atoms with van der Waals surface area (Å²) in [7, 11) is 0. The molecule has 0 saturated carbocycles. The fourth-order valence-electron chi connectivity index (χ4n) is 2.74. The third kappa shape index (κ3) is 4.69. The van der Waals surface area contributed by atoms with E-state index in [0.29, 0.717) is 32.4 Å². The summed E-state index contributed by atoms with van der Waals surface area (Å²) in [4.78, 5) is 14.2. The van der Waals surface area contributed by atoms with E-state index < -0.39 is 11.6 Å². The van der Waals surface area contributed by atoms with E-state index in [0.717, 1.165) is 0 Å². The predicted octanol–water partition coefficient (Wildman–Crippen LogP) is 2.29. The van der Waals surface area contributed by atoms with E-state index in [1.54, 1.807) is 0 Å². The summed E-state index contributed by atoms with van der Waals surface area (Å²) in [5.41, 5.74) is 0. The molecule has 2 saturated heterocycles. The molecule has 0 aliphatic carbocycles. The van der Waals surface area contributed by atoms with Crippen molar-refractivity contribution in [2.24, 2.45) is 0 Å². The summed E-state index contributed by atoms with van der Waals surface area (Å²) in [5, 5.41) is 0.0481. The van der Waals surface area contributed by atoms with Crippen LogP contribution in [-0.4, -0.2) is 65.0 Å². The van der Waals surface area contributed by atoms with Crippen LogP contribution in [0.4, 0.5) is 5.95 Å². The Bertz CT molecular complexity index is 563. The highest BCUT2D eigenvalue weighted by molar-refractivity contribution is 6.31. The van der Waals surface area contributed by atoms with Crippen LogP contribution in [0.25, 0.3) is 0 Å². The van der Waals surface area contributed by atoms with Crippen LogP contribution in [0.2, 0.25) is 10.6 Å². The van der Waals surface area contributed by atoms with Crippen molar-refractivity contribution in [1.82, 2.24) is 15.0 Å². The van der Waals surface area contributed by atoms with Gasteiger partial charge in [-0.25, -0.2) is 0 Å². The summed E-state index contributed by atoms with van der Waals surface area (Å²) < 4.78 is 23.2. The normalized spacial score (nSPS) is 24.2. The summed E-state index contributed by atoms with van der Waals surface area (Å²) in [5.74, 6) is -0.908.